The van der Waals surface area contributed by atoms with Crippen LogP contribution in [0.4, 0.5) is 0 Å². The van der Waals surface area contributed by atoms with Gasteiger partial charge in [-0.25, -0.2) is 4.98 Å². The fourth-order valence-electron chi connectivity index (χ4n) is 2.22. The lowest BCUT2D eigenvalue weighted by Crippen LogP contribution is -2.44. The molecule has 1 aliphatic rings. The van der Waals surface area contributed by atoms with E-state index in [1.54, 1.807) is 12.4 Å². The van der Waals surface area contributed by atoms with Gasteiger partial charge in [0.25, 0.3) is 0 Å². The average Bonchev–Trinajstić information content (AvgIpc) is 2.80. The van der Waals surface area contributed by atoms with Gasteiger partial charge in [0.1, 0.15) is 0 Å². The standard InChI is InChI=1S/C12H17N5/c1(5-16-6-2-13-3-7-16)11-10-17-8-4-14-9-12(17)15-11/h4,8-10,13H,1-3,5-7H2. The summed E-state index contributed by atoms with van der Waals surface area (Å²) in [5.74, 6) is 0. The van der Waals surface area contributed by atoms with Crippen LogP contribution in [-0.2, 0) is 6.42 Å². The Morgan fingerprint density at radius 1 is 1.29 bits per heavy atom. The van der Waals surface area contributed by atoms with Crippen molar-refractivity contribution in [3.8, 4) is 0 Å². The van der Waals surface area contributed by atoms with Crippen LogP contribution in [0.5, 0.6) is 0 Å². The molecule has 0 amide bonds. The zero-order chi connectivity index (χ0) is 11.5. The first kappa shape index (κ1) is 10.7. The highest BCUT2D eigenvalue weighted by Crippen LogP contribution is 2.05. The fourth-order valence-corrected chi connectivity index (χ4v) is 2.22. The first-order valence-electron chi connectivity index (χ1n) is 6.12. The first-order chi connectivity index (χ1) is 8.42. The van der Waals surface area contributed by atoms with Gasteiger partial charge in [-0.05, 0) is 0 Å². The fraction of sp³-hybridized carbons (Fsp3) is 0.500. The summed E-state index contributed by atoms with van der Waals surface area (Å²) in [7, 11) is 0. The second-order valence-electron chi connectivity index (χ2n) is 4.42. The molecule has 1 aliphatic heterocycles. The Hall–Kier alpha value is -1.46. The van der Waals surface area contributed by atoms with E-state index in [9.17, 15) is 0 Å². The summed E-state index contributed by atoms with van der Waals surface area (Å²) in [6, 6.07) is 0. The smallest absolute Gasteiger partial charge is 0.155 e. The molecule has 0 bridgehead atoms. The van der Waals surface area contributed by atoms with Gasteiger partial charge in [-0.3, -0.25) is 4.98 Å². The zero-order valence-corrected chi connectivity index (χ0v) is 9.84. The Balaban J connectivity index is 1.64. The molecule has 0 aliphatic carbocycles. The first-order valence-corrected chi connectivity index (χ1v) is 6.12. The number of aromatic nitrogens is 3. The van der Waals surface area contributed by atoms with E-state index in [1.165, 1.54) is 0 Å². The lowest BCUT2D eigenvalue weighted by atomic mass is 10.3. The molecule has 1 fully saturated rings. The molecule has 1 saturated heterocycles. The third kappa shape index (κ3) is 2.45. The number of piperazine rings is 1. The quantitative estimate of drug-likeness (QED) is 0.818. The van der Waals surface area contributed by atoms with Crippen LogP contribution >= 0.6 is 0 Å². The van der Waals surface area contributed by atoms with E-state index in [1.807, 2.05) is 10.6 Å². The number of hydrogen-bond acceptors (Lipinski definition) is 4. The summed E-state index contributed by atoms with van der Waals surface area (Å²) in [4.78, 5) is 11.1. The topological polar surface area (TPSA) is 45.5 Å². The van der Waals surface area contributed by atoms with Crippen LogP contribution in [0.25, 0.3) is 5.65 Å². The van der Waals surface area contributed by atoms with Crippen molar-refractivity contribution in [1.29, 1.82) is 0 Å². The van der Waals surface area contributed by atoms with E-state index in [4.69, 9.17) is 0 Å². The van der Waals surface area contributed by atoms with Crippen LogP contribution in [0.3, 0.4) is 0 Å². The molecular formula is C12H17N5. The van der Waals surface area contributed by atoms with Crippen LogP contribution < -0.4 is 5.32 Å². The number of hydrogen-bond donors (Lipinski definition) is 1. The van der Waals surface area contributed by atoms with Gasteiger partial charge in [-0.2, -0.15) is 0 Å². The van der Waals surface area contributed by atoms with Crippen molar-refractivity contribution in [2.75, 3.05) is 32.7 Å². The zero-order valence-electron chi connectivity index (χ0n) is 9.84. The van der Waals surface area contributed by atoms with Crippen LogP contribution in [0, 0.1) is 0 Å². The summed E-state index contributed by atoms with van der Waals surface area (Å²) in [6.45, 7) is 5.60. The molecule has 0 aromatic carbocycles. The van der Waals surface area contributed by atoms with Crippen molar-refractivity contribution in [3.05, 3.63) is 30.5 Å². The minimum absolute atomic E-state index is 0.933. The summed E-state index contributed by atoms with van der Waals surface area (Å²) in [6.07, 6.45) is 8.64. The predicted molar refractivity (Wildman–Crippen MR) is 66.0 cm³/mol. The second kappa shape index (κ2) is 4.81. The Bertz CT molecular complexity index is 453. The van der Waals surface area contributed by atoms with Gasteiger partial charge >= 0.3 is 0 Å². The van der Waals surface area contributed by atoms with Crippen molar-refractivity contribution >= 4 is 5.65 Å². The van der Waals surface area contributed by atoms with E-state index >= 15 is 0 Å². The Kier molecular flexibility index (Phi) is 3.02. The van der Waals surface area contributed by atoms with E-state index in [-0.39, 0.29) is 0 Å². The Morgan fingerprint density at radius 3 is 3.00 bits per heavy atom. The second-order valence-corrected chi connectivity index (χ2v) is 4.42. The molecule has 0 unspecified atom stereocenters. The summed E-state index contributed by atoms with van der Waals surface area (Å²) in [5.41, 5.74) is 2.08. The molecule has 0 saturated carbocycles. The summed E-state index contributed by atoms with van der Waals surface area (Å²) in [5, 5.41) is 3.36. The maximum absolute atomic E-state index is 4.56. The van der Waals surface area contributed by atoms with Gasteiger partial charge in [0.15, 0.2) is 5.65 Å². The van der Waals surface area contributed by atoms with Crippen molar-refractivity contribution in [3.63, 3.8) is 0 Å². The molecule has 2 aromatic rings. The van der Waals surface area contributed by atoms with Crippen molar-refractivity contribution in [1.82, 2.24) is 24.6 Å². The number of nitrogens with zero attached hydrogens (tertiary/aromatic N) is 4. The van der Waals surface area contributed by atoms with Gasteiger partial charge < -0.3 is 14.6 Å². The molecule has 1 N–H and O–H groups in total. The van der Waals surface area contributed by atoms with E-state index < -0.39 is 0 Å². The van der Waals surface area contributed by atoms with Crippen LogP contribution in [0.1, 0.15) is 5.69 Å². The highest BCUT2D eigenvalue weighted by molar-refractivity contribution is 5.36. The number of rotatable bonds is 3. The number of imidazole rings is 1. The third-order valence-electron chi connectivity index (χ3n) is 3.21. The molecule has 0 spiro atoms. The summed E-state index contributed by atoms with van der Waals surface area (Å²) >= 11 is 0. The van der Waals surface area contributed by atoms with E-state index in [0.29, 0.717) is 0 Å². The van der Waals surface area contributed by atoms with Gasteiger partial charge in [0.05, 0.1) is 11.9 Å². The van der Waals surface area contributed by atoms with Crippen molar-refractivity contribution in [2.24, 2.45) is 0 Å². The monoisotopic (exact) mass is 231 g/mol. The van der Waals surface area contributed by atoms with E-state index in [0.717, 1.165) is 50.5 Å². The number of nitrogens with one attached hydrogen (secondary N) is 1. The van der Waals surface area contributed by atoms with E-state index in [2.05, 4.69) is 26.4 Å². The minimum Gasteiger partial charge on any atom is -0.314 e. The highest BCUT2D eigenvalue weighted by atomic mass is 15.2. The van der Waals surface area contributed by atoms with Gasteiger partial charge in [-0.15, -0.1) is 0 Å². The molecule has 90 valence electrons. The van der Waals surface area contributed by atoms with Gasteiger partial charge in [0, 0.05) is 57.7 Å². The van der Waals surface area contributed by atoms with Crippen LogP contribution in [0.15, 0.2) is 24.8 Å². The molecule has 0 radical (unpaired) electrons. The molecule has 3 rings (SSSR count). The molecule has 2 aromatic heterocycles. The normalized spacial score (nSPS) is 17.6. The molecule has 0 atom stereocenters. The Labute approximate surface area is 100 Å². The maximum atomic E-state index is 4.56. The van der Waals surface area contributed by atoms with Gasteiger partial charge in [0.2, 0.25) is 0 Å². The molecule has 17 heavy (non-hydrogen) atoms. The van der Waals surface area contributed by atoms with Crippen LogP contribution in [-0.4, -0.2) is 52.0 Å². The maximum Gasteiger partial charge on any atom is 0.155 e. The lowest BCUT2D eigenvalue weighted by Gasteiger charge is -2.26. The van der Waals surface area contributed by atoms with Crippen molar-refractivity contribution < 1.29 is 0 Å². The highest BCUT2D eigenvalue weighted by Gasteiger charge is 2.10. The molecule has 5 nitrogen and oxygen atoms in total. The largest absolute Gasteiger partial charge is 0.314 e. The Morgan fingerprint density at radius 2 is 2.18 bits per heavy atom. The third-order valence-corrected chi connectivity index (χ3v) is 3.21. The van der Waals surface area contributed by atoms with Crippen LogP contribution in [0.2, 0.25) is 0 Å². The average molecular weight is 231 g/mol. The molecule has 5 heteroatoms. The minimum atomic E-state index is 0.933. The predicted octanol–water partition coefficient (Wildman–Crippen LogP) is 0.177. The summed E-state index contributed by atoms with van der Waals surface area (Å²) < 4.78 is 2.03. The van der Waals surface area contributed by atoms with Gasteiger partial charge in [-0.1, -0.05) is 0 Å². The molecule has 3 heterocycles. The molecular weight excluding hydrogens is 214 g/mol. The number of fused-ring (bicyclic) bond motifs is 1. The SMILES string of the molecule is c1cn2cc(CCN3CCNCC3)nc2cn1. The lowest BCUT2D eigenvalue weighted by molar-refractivity contribution is 0.243. The van der Waals surface area contributed by atoms with Crippen molar-refractivity contribution in [2.45, 2.75) is 6.42 Å².